The molecule has 0 amide bonds. The van der Waals surface area contributed by atoms with Crippen molar-refractivity contribution in [3.63, 3.8) is 0 Å². The molecule has 0 radical (unpaired) electrons. The van der Waals surface area contributed by atoms with Crippen molar-refractivity contribution in [3.05, 3.63) is 64.7 Å². The summed E-state index contributed by atoms with van der Waals surface area (Å²) < 4.78 is 21.5. The van der Waals surface area contributed by atoms with Gasteiger partial charge in [-0.3, -0.25) is 14.4 Å². The number of benzene rings is 1. The molecule has 36 heavy (non-hydrogen) atoms. The van der Waals surface area contributed by atoms with Crippen LogP contribution in [0.5, 0.6) is 5.75 Å². The Labute approximate surface area is 214 Å². The molecule has 1 aliphatic rings. The Morgan fingerprint density at radius 2 is 1.58 bits per heavy atom. The lowest BCUT2D eigenvalue weighted by atomic mass is 9.90. The van der Waals surface area contributed by atoms with Crippen LogP contribution >= 0.6 is 11.6 Å². The van der Waals surface area contributed by atoms with Crippen LogP contribution in [0, 0.1) is 0 Å². The minimum atomic E-state index is -1.44. The van der Waals surface area contributed by atoms with Gasteiger partial charge >= 0.3 is 17.9 Å². The minimum Gasteiger partial charge on any atom is -0.508 e. The van der Waals surface area contributed by atoms with Crippen molar-refractivity contribution in [1.29, 1.82) is 0 Å². The van der Waals surface area contributed by atoms with Crippen molar-refractivity contribution in [2.24, 2.45) is 0 Å². The highest BCUT2D eigenvalue weighted by molar-refractivity contribution is 6.31. The molecule has 10 heteroatoms. The molecule has 1 fully saturated rings. The first-order valence-electron chi connectivity index (χ1n) is 11.2. The summed E-state index contributed by atoms with van der Waals surface area (Å²) in [6.07, 6.45) is -2.37. The minimum absolute atomic E-state index is 0.168. The second kappa shape index (κ2) is 13.2. The van der Waals surface area contributed by atoms with Crippen LogP contribution < -0.4 is 0 Å². The van der Waals surface area contributed by atoms with Crippen LogP contribution in [0.25, 0.3) is 0 Å². The number of esters is 3. The zero-order chi connectivity index (χ0) is 27.0. The largest absolute Gasteiger partial charge is 0.508 e. The van der Waals surface area contributed by atoms with Gasteiger partial charge in [-0.15, -0.1) is 0 Å². The number of carbonyl (C=O) groups is 3. The third-order valence-corrected chi connectivity index (χ3v) is 5.79. The number of ether oxygens (including phenoxy) is 4. The molecule has 1 heterocycles. The molecule has 5 atom stereocenters. The highest BCUT2D eigenvalue weighted by Gasteiger charge is 2.50. The number of phenolic OH excluding ortho intramolecular Hbond substituents is 1. The van der Waals surface area contributed by atoms with Gasteiger partial charge in [0.05, 0.1) is 0 Å². The standard InChI is InChI=1S/C26H31ClO9/c1-14(6-11-21(27)15(2)12-19-7-9-20(31)10-8-19)24-26(35-18(5)30)25(34-17(4)29)23(32)22(36-24)13-33-16(3)28/h6-11,22-26,31-32H,1,12-13H2,2-5H3/b11-6-,21-15-/t22-,23-,24+,25+,26+/m1/s1. The molecular formula is C26H31ClO9. The zero-order valence-electron chi connectivity index (χ0n) is 20.6. The normalized spacial score (nSPS) is 24.6. The van der Waals surface area contributed by atoms with Crippen LogP contribution in [0.15, 0.2) is 59.2 Å². The first-order valence-corrected chi connectivity index (χ1v) is 11.6. The molecule has 0 unspecified atom stereocenters. The van der Waals surface area contributed by atoms with E-state index in [0.29, 0.717) is 17.0 Å². The van der Waals surface area contributed by atoms with E-state index in [4.69, 9.17) is 30.5 Å². The summed E-state index contributed by atoms with van der Waals surface area (Å²) >= 11 is 6.46. The predicted octanol–water partition coefficient (Wildman–Crippen LogP) is 3.11. The number of hydrogen-bond acceptors (Lipinski definition) is 9. The maximum Gasteiger partial charge on any atom is 0.303 e. The summed E-state index contributed by atoms with van der Waals surface area (Å²) in [5.74, 6) is -1.81. The molecule has 0 aliphatic carbocycles. The number of phenols is 1. The summed E-state index contributed by atoms with van der Waals surface area (Å²) in [6.45, 7) is 9.04. The fourth-order valence-corrected chi connectivity index (χ4v) is 3.76. The van der Waals surface area contributed by atoms with Crippen molar-refractivity contribution in [2.75, 3.05) is 6.61 Å². The fourth-order valence-electron chi connectivity index (χ4n) is 3.63. The van der Waals surface area contributed by atoms with Crippen LogP contribution in [-0.4, -0.2) is 65.2 Å². The molecule has 0 bridgehead atoms. The highest BCUT2D eigenvalue weighted by Crippen LogP contribution is 2.31. The Hall–Kier alpha value is -3.14. The van der Waals surface area contributed by atoms with Crippen LogP contribution in [0.3, 0.4) is 0 Å². The Kier molecular flexibility index (Phi) is 10.7. The van der Waals surface area contributed by atoms with Gasteiger partial charge in [0.15, 0.2) is 12.2 Å². The zero-order valence-corrected chi connectivity index (χ0v) is 21.4. The lowest BCUT2D eigenvalue weighted by Crippen LogP contribution is -2.61. The lowest BCUT2D eigenvalue weighted by Gasteiger charge is -2.43. The van der Waals surface area contributed by atoms with Gasteiger partial charge in [-0.1, -0.05) is 42.0 Å². The van der Waals surface area contributed by atoms with Crippen LogP contribution in [0.2, 0.25) is 0 Å². The fraction of sp³-hybridized carbons (Fsp3) is 0.423. The van der Waals surface area contributed by atoms with Gasteiger partial charge < -0.3 is 29.2 Å². The summed E-state index contributed by atoms with van der Waals surface area (Å²) in [5.41, 5.74) is 2.11. The molecular weight excluding hydrogens is 492 g/mol. The Morgan fingerprint density at radius 1 is 1.00 bits per heavy atom. The monoisotopic (exact) mass is 522 g/mol. The van der Waals surface area contributed by atoms with Gasteiger partial charge in [0, 0.05) is 25.8 Å². The van der Waals surface area contributed by atoms with Gasteiger partial charge in [-0.05, 0) is 42.7 Å². The summed E-state index contributed by atoms with van der Waals surface area (Å²) in [7, 11) is 0. The van der Waals surface area contributed by atoms with E-state index in [1.165, 1.54) is 13.8 Å². The van der Waals surface area contributed by atoms with Gasteiger partial charge in [0.2, 0.25) is 0 Å². The number of hydrogen-bond donors (Lipinski definition) is 2. The van der Waals surface area contributed by atoms with E-state index >= 15 is 0 Å². The van der Waals surface area contributed by atoms with Crippen molar-refractivity contribution < 1.29 is 43.5 Å². The van der Waals surface area contributed by atoms with Crippen LogP contribution in [0.4, 0.5) is 0 Å². The third kappa shape index (κ3) is 8.51. The van der Waals surface area contributed by atoms with E-state index in [2.05, 4.69) is 6.58 Å². The second-order valence-corrected chi connectivity index (χ2v) is 8.82. The maximum absolute atomic E-state index is 11.8. The first-order chi connectivity index (χ1) is 16.9. The molecule has 1 saturated heterocycles. The average molecular weight is 523 g/mol. The van der Waals surface area contributed by atoms with E-state index in [1.807, 2.05) is 6.92 Å². The SMILES string of the molecule is C=C(/C=C\C(Cl)=C(/C)Cc1ccc(O)cc1)[C@@H]1O[C@H](COC(C)=O)[C@@H](O)[C@H](OC(C)=O)[C@H]1OC(C)=O. The second-order valence-electron chi connectivity index (χ2n) is 8.42. The maximum atomic E-state index is 11.8. The van der Waals surface area contributed by atoms with E-state index in [9.17, 15) is 24.6 Å². The number of allylic oxidation sites excluding steroid dienone is 3. The molecule has 196 valence electrons. The predicted molar refractivity (Wildman–Crippen MR) is 131 cm³/mol. The van der Waals surface area contributed by atoms with Crippen molar-refractivity contribution >= 4 is 29.5 Å². The van der Waals surface area contributed by atoms with Crippen LogP contribution in [-0.2, 0) is 39.8 Å². The number of aliphatic hydroxyl groups excluding tert-OH is 1. The number of aromatic hydroxyl groups is 1. The highest BCUT2D eigenvalue weighted by atomic mass is 35.5. The van der Waals surface area contributed by atoms with Crippen molar-refractivity contribution in [3.8, 4) is 5.75 Å². The molecule has 1 aliphatic heterocycles. The van der Waals surface area contributed by atoms with Crippen molar-refractivity contribution in [1.82, 2.24) is 0 Å². The molecule has 0 spiro atoms. The van der Waals surface area contributed by atoms with Gasteiger partial charge in [0.1, 0.15) is 30.7 Å². The van der Waals surface area contributed by atoms with Gasteiger partial charge in [0.25, 0.3) is 0 Å². The summed E-state index contributed by atoms with van der Waals surface area (Å²) in [6, 6.07) is 6.75. The molecule has 2 rings (SSSR count). The molecule has 2 N–H and O–H groups in total. The average Bonchev–Trinajstić information content (AvgIpc) is 2.79. The Bertz CT molecular complexity index is 1030. The quantitative estimate of drug-likeness (QED) is 0.285. The Balaban J connectivity index is 2.30. The number of aliphatic hydroxyl groups is 1. The first kappa shape index (κ1) is 29.1. The number of rotatable bonds is 9. The van der Waals surface area contributed by atoms with Crippen LogP contribution in [0.1, 0.15) is 33.3 Å². The molecule has 1 aromatic rings. The Morgan fingerprint density at radius 3 is 2.14 bits per heavy atom. The molecule has 9 nitrogen and oxygen atoms in total. The molecule has 0 aromatic heterocycles. The van der Waals surface area contributed by atoms with E-state index in [0.717, 1.165) is 18.1 Å². The lowest BCUT2D eigenvalue weighted by molar-refractivity contribution is -0.239. The molecule has 1 aromatic carbocycles. The number of carbonyl (C=O) groups excluding carboxylic acids is 3. The van der Waals surface area contributed by atoms with Crippen molar-refractivity contribution in [2.45, 2.75) is 64.6 Å². The van der Waals surface area contributed by atoms with E-state index in [-0.39, 0.29) is 12.4 Å². The summed E-state index contributed by atoms with van der Waals surface area (Å²) in [4.78, 5) is 34.8. The number of halogens is 1. The van der Waals surface area contributed by atoms with E-state index < -0.39 is 48.4 Å². The molecule has 0 saturated carbocycles. The smallest absolute Gasteiger partial charge is 0.303 e. The van der Waals surface area contributed by atoms with Gasteiger partial charge in [-0.2, -0.15) is 0 Å². The van der Waals surface area contributed by atoms with Gasteiger partial charge in [-0.25, -0.2) is 0 Å². The van der Waals surface area contributed by atoms with E-state index in [1.54, 1.807) is 36.4 Å². The topological polar surface area (TPSA) is 129 Å². The third-order valence-electron chi connectivity index (χ3n) is 5.34. The summed E-state index contributed by atoms with van der Waals surface area (Å²) in [5, 5.41) is 20.6.